The number of benzene rings is 4. The number of rotatable bonds is 8. The molecule has 0 N–H and O–H groups in total. The normalized spacial score (nSPS) is 10.8. The molecule has 0 aliphatic rings. The molecular formula is C24H20O4Ti. The average Bonchev–Trinajstić information content (AvgIpc) is 2.76. The molecule has 0 spiro atoms. The zero-order valence-electron chi connectivity index (χ0n) is 15.7. The van der Waals surface area contributed by atoms with E-state index >= 15 is 0 Å². The van der Waals surface area contributed by atoms with Crippen molar-refractivity contribution >= 4 is 0 Å². The second-order valence-corrected chi connectivity index (χ2v) is 9.00. The van der Waals surface area contributed by atoms with Gasteiger partial charge in [-0.1, -0.05) is 0 Å². The Hall–Kier alpha value is -3.21. The van der Waals surface area contributed by atoms with Crippen LogP contribution in [0.1, 0.15) is 0 Å². The molecule has 0 radical (unpaired) electrons. The van der Waals surface area contributed by atoms with Crippen LogP contribution in [-0.4, -0.2) is 0 Å². The van der Waals surface area contributed by atoms with Crippen molar-refractivity contribution in [2.24, 2.45) is 0 Å². The molecule has 144 valence electrons. The van der Waals surface area contributed by atoms with Gasteiger partial charge in [0.1, 0.15) is 0 Å². The van der Waals surface area contributed by atoms with Crippen LogP contribution in [-0.2, 0) is 18.1 Å². The van der Waals surface area contributed by atoms with E-state index in [-0.39, 0.29) is 0 Å². The number of para-hydroxylation sites is 4. The predicted octanol–water partition coefficient (Wildman–Crippen LogP) is 6.12. The van der Waals surface area contributed by atoms with Crippen molar-refractivity contribution in [2.45, 2.75) is 0 Å². The molecule has 0 amide bonds. The SMILES string of the molecule is c1ccc([O][Ti]([O]c2ccccc2)([O]c2ccccc2)[O]c2ccccc2)cc1. The fourth-order valence-electron chi connectivity index (χ4n) is 2.66. The summed E-state index contributed by atoms with van der Waals surface area (Å²) >= 11 is -4.42. The number of hydrogen-bond acceptors (Lipinski definition) is 4. The van der Waals surface area contributed by atoms with Gasteiger partial charge in [0.25, 0.3) is 0 Å². The average molecular weight is 420 g/mol. The van der Waals surface area contributed by atoms with E-state index in [0.717, 1.165) is 0 Å². The molecule has 0 fully saturated rings. The minimum absolute atomic E-state index is 0.621. The van der Waals surface area contributed by atoms with Crippen LogP contribution >= 0.6 is 0 Å². The fourth-order valence-corrected chi connectivity index (χ4v) is 5.70. The molecule has 0 saturated heterocycles. The molecule has 4 nitrogen and oxygen atoms in total. The molecule has 0 aliphatic carbocycles. The third-order valence-corrected chi connectivity index (χ3v) is 6.98. The van der Waals surface area contributed by atoms with Crippen molar-refractivity contribution in [3.8, 4) is 23.0 Å². The van der Waals surface area contributed by atoms with Crippen LogP contribution in [0.5, 0.6) is 23.0 Å². The van der Waals surface area contributed by atoms with Gasteiger partial charge in [-0.25, -0.2) is 0 Å². The molecule has 4 aromatic carbocycles. The van der Waals surface area contributed by atoms with Crippen molar-refractivity contribution in [3.63, 3.8) is 0 Å². The quantitative estimate of drug-likeness (QED) is 0.322. The molecule has 5 heteroatoms. The summed E-state index contributed by atoms with van der Waals surface area (Å²) in [6, 6.07) is 37.8. The first kappa shape index (κ1) is 19.1. The summed E-state index contributed by atoms with van der Waals surface area (Å²) in [6.45, 7) is 0. The Morgan fingerprint density at radius 1 is 0.310 bits per heavy atom. The fraction of sp³-hybridized carbons (Fsp3) is 0. The van der Waals surface area contributed by atoms with E-state index in [1.54, 1.807) is 0 Å². The topological polar surface area (TPSA) is 36.9 Å². The van der Waals surface area contributed by atoms with E-state index < -0.39 is 18.1 Å². The summed E-state index contributed by atoms with van der Waals surface area (Å²) < 4.78 is 25.3. The summed E-state index contributed by atoms with van der Waals surface area (Å²) in [6.07, 6.45) is 0. The first-order valence-electron chi connectivity index (χ1n) is 9.28. The Kier molecular flexibility index (Phi) is 6.15. The third-order valence-electron chi connectivity index (χ3n) is 3.94. The summed E-state index contributed by atoms with van der Waals surface area (Å²) in [5.41, 5.74) is 0. The van der Waals surface area contributed by atoms with Crippen molar-refractivity contribution in [2.75, 3.05) is 0 Å². The maximum absolute atomic E-state index is 6.33. The van der Waals surface area contributed by atoms with E-state index in [2.05, 4.69) is 0 Å². The van der Waals surface area contributed by atoms with Gasteiger partial charge in [0, 0.05) is 0 Å². The van der Waals surface area contributed by atoms with Crippen LogP contribution in [0.4, 0.5) is 0 Å². The Morgan fingerprint density at radius 2 is 0.517 bits per heavy atom. The zero-order valence-corrected chi connectivity index (χ0v) is 17.2. The molecule has 0 atom stereocenters. The van der Waals surface area contributed by atoms with E-state index in [0.29, 0.717) is 23.0 Å². The van der Waals surface area contributed by atoms with E-state index in [4.69, 9.17) is 13.3 Å². The van der Waals surface area contributed by atoms with Crippen molar-refractivity contribution in [1.82, 2.24) is 0 Å². The molecule has 29 heavy (non-hydrogen) atoms. The second-order valence-electron chi connectivity index (χ2n) is 6.16. The molecule has 0 unspecified atom stereocenters. The molecule has 0 saturated carbocycles. The van der Waals surface area contributed by atoms with Crippen LogP contribution in [0.15, 0.2) is 121 Å². The summed E-state index contributed by atoms with van der Waals surface area (Å²) in [5.74, 6) is 2.48. The first-order chi connectivity index (χ1) is 14.3. The summed E-state index contributed by atoms with van der Waals surface area (Å²) in [7, 11) is 0. The van der Waals surface area contributed by atoms with Crippen LogP contribution in [0.3, 0.4) is 0 Å². The van der Waals surface area contributed by atoms with Crippen LogP contribution in [0.2, 0.25) is 0 Å². The van der Waals surface area contributed by atoms with Crippen molar-refractivity contribution in [3.05, 3.63) is 121 Å². The van der Waals surface area contributed by atoms with E-state index in [9.17, 15) is 0 Å². The van der Waals surface area contributed by atoms with Gasteiger partial charge >= 0.3 is 176 Å². The Bertz CT molecular complexity index is 824. The summed E-state index contributed by atoms with van der Waals surface area (Å²) in [4.78, 5) is 0. The Balaban J connectivity index is 1.75. The van der Waals surface area contributed by atoms with Gasteiger partial charge < -0.3 is 0 Å². The minimum atomic E-state index is -4.42. The molecule has 0 aliphatic heterocycles. The zero-order chi connectivity index (χ0) is 19.8. The first-order valence-corrected chi connectivity index (χ1v) is 11.8. The predicted molar refractivity (Wildman–Crippen MR) is 108 cm³/mol. The van der Waals surface area contributed by atoms with Crippen LogP contribution < -0.4 is 13.3 Å². The van der Waals surface area contributed by atoms with Gasteiger partial charge in [-0.3, -0.25) is 0 Å². The van der Waals surface area contributed by atoms with E-state index in [1.165, 1.54) is 0 Å². The van der Waals surface area contributed by atoms with Gasteiger partial charge in [0.05, 0.1) is 0 Å². The standard InChI is InChI=1S/4C6H6O.Ti/c4*7-6-4-2-1-3-5-6;/h4*1-5,7H;/q;;;;+4/p-4. The van der Waals surface area contributed by atoms with Crippen molar-refractivity contribution < 1.29 is 31.4 Å². The Labute approximate surface area is 175 Å². The van der Waals surface area contributed by atoms with Gasteiger partial charge in [-0.15, -0.1) is 0 Å². The van der Waals surface area contributed by atoms with Gasteiger partial charge in [0.15, 0.2) is 0 Å². The maximum atomic E-state index is 6.33. The second kappa shape index (κ2) is 9.33. The van der Waals surface area contributed by atoms with Gasteiger partial charge in [0.2, 0.25) is 0 Å². The van der Waals surface area contributed by atoms with Crippen molar-refractivity contribution in [1.29, 1.82) is 0 Å². The molecule has 0 heterocycles. The molecule has 4 rings (SSSR count). The Morgan fingerprint density at radius 3 is 0.724 bits per heavy atom. The molecule has 0 aromatic heterocycles. The summed E-state index contributed by atoms with van der Waals surface area (Å²) in [5, 5.41) is 0. The monoisotopic (exact) mass is 420 g/mol. The number of hydrogen-bond donors (Lipinski definition) is 0. The van der Waals surface area contributed by atoms with E-state index in [1.807, 2.05) is 121 Å². The molecule has 0 bridgehead atoms. The van der Waals surface area contributed by atoms with Crippen LogP contribution in [0.25, 0.3) is 0 Å². The third kappa shape index (κ3) is 5.41. The van der Waals surface area contributed by atoms with Gasteiger partial charge in [-0.2, -0.15) is 0 Å². The van der Waals surface area contributed by atoms with Gasteiger partial charge in [-0.05, 0) is 0 Å². The van der Waals surface area contributed by atoms with Crippen LogP contribution in [0, 0.1) is 0 Å². The molecular weight excluding hydrogens is 400 g/mol. The molecule has 4 aromatic rings.